The molecule has 1 amide bonds. The molecule has 0 saturated carbocycles. The lowest BCUT2D eigenvalue weighted by atomic mass is 10.0. The van der Waals surface area contributed by atoms with Crippen LogP contribution >= 0.6 is 0 Å². The van der Waals surface area contributed by atoms with Crippen LogP contribution in [0.25, 0.3) is 0 Å². The van der Waals surface area contributed by atoms with Crippen molar-refractivity contribution in [2.75, 3.05) is 0 Å². The molecule has 0 heterocycles. The Morgan fingerprint density at radius 1 is 1.30 bits per heavy atom. The third-order valence-corrected chi connectivity index (χ3v) is 2.93. The zero-order chi connectivity index (χ0) is 15.2. The van der Waals surface area contributed by atoms with E-state index in [0.717, 1.165) is 5.56 Å². The largest absolute Gasteiger partial charge is 0.389 e. The van der Waals surface area contributed by atoms with Gasteiger partial charge in [0.15, 0.2) is 0 Å². The van der Waals surface area contributed by atoms with Crippen LogP contribution in [0.5, 0.6) is 0 Å². The van der Waals surface area contributed by atoms with Gasteiger partial charge in [-0.25, -0.2) is 5.84 Å². The molecule has 2 atom stereocenters. The maximum absolute atomic E-state index is 12.3. The molecule has 0 aromatic heterocycles. The van der Waals surface area contributed by atoms with Crippen molar-refractivity contribution >= 4 is 5.91 Å². The average Bonchev–Trinajstić information content (AvgIpc) is 2.42. The number of hydrogen-bond acceptors (Lipinski definition) is 3. The Hall–Kier alpha value is -1.60. The summed E-state index contributed by atoms with van der Waals surface area (Å²) in [5.41, 5.74) is 2.77. The van der Waals surface area contributed by atoms with E-state index in [9.17, 15) is 18.0 Å². The van der Waals surface area contributed by atoms with Gasteiger partial charge in [0.25, 0.3) is 5.91 Å². The molecule has 1 rings (SSSR count). The quantitative estimate of drug-likeness (QED) is 0.426. The van der Waals surface area contributed by atoms with Gasteiger partial charge in [0, 0.05) is 12.5 Å². The monoisotopic (exact) mass is 289 g/mol. The average molecular weight is 289 g/mol. The number of nitrogens with two attached hydrogens (primary N) is 1. The van der Waals surface area contributed by atoms with Crippen molar-refractivity contribution < 1.29 is 18.0 Å². The molecule has 1 aromatic carbocycles. The fraction of sp³-hybridized carbons (Fsp3) is 0.462. The molecular weight excluding hydrogens is 271 g/mol. The summed E-state index contributed by atoms with van der Waals surface area (Å²) in [6, 6.07) is 7.90. The fourth-order valence-corrected chi connectivity index (χ4v) is 1.84. The van der Waals surface area contributed by atoms with Crippen molar-refractivity contribution in [3.63, 3.8) is 0 Å². The van der Waals surface area contributed by atoms with Crippen LogP contribution in [-0.4, -0.2) is 18.1 Å². The minimum atomic E-state index is -4.30. The van der Waals surface area contributed by atoms with Crippen LogP contribution in [0.3, 0.4) is 0 Å². The lowest BCUT2D eigenvalue weighted by molar-refractivity contribution is -0.139. The Labute approximate surface area is 115 Å². The number of amides is 1. The molecule has 0 aliphatic rings. The van der Waals surface area contributed by atoms with E-state index in [1.54, 1.807) is 6.92 Å². The van der Waals surface area contributed by atoms with E-state index in [1.165, 1.54) is 0 Å². The number of benzene rings is 1. The van der Waals surface area contributed by atoms with Crippen LogP contribution < -0.4 is 16.6 Å². The molecule has 0 spiro atoms. The highest BCUT2D eigenvalue weighted by atomic mass is 19.4. The zero-order valence-corrected chi connectivity index (χ0v) is 11.1. The van der Waals surface area contributed by atoms with Crippen molar-refractivity contribution in [3.05, 3.63) is 35.9 Å². The van der Waals surface area contributed by atoms with Gasteiger partial charge in [-0.2, -0.15) is 13.2 Å². The summed E-state index contributed by atoms with van der Waals surface area (Å²) in [7, 11) is 0. The maximum atomic E-state index is 12.3. The number of hydrogen-bond donors (Lipinski definition) is 3. The molecule has 112 valence electrons. The van der Waals surface area contributed by atoms with Crippen LogP contribution in [0.4, 0.5) is 13.2 Å². The van der Waals surface area contributed by atoms with Gasteiger partial charge in [0.1, 0.15) is 0 Å². The van der Waals surface area contributed by atoms with Crippen LogP contribution in [0, 0.1) is 0 Å². The molecule has 7 heteroatoms. The molecule has 1 aromatic rings. The molecule has 0 saturated heterocycles. The third kappa shape index (κ3) is 5.58. The van der Waals surface area contributed by atoms with E-state index in [4.69, 9.17) is 5.84 Å². The summed E-state index contributed by atoms with van der Waals surface area (Å²) in [6.07, 6.45) is -5.70. The van der Waals surface area contributed by atoms with Gasteiger partial charge in [-0.05, 0) is 18.9 Å². The highest BCUT2D eigenvalue weighted by Crippen LogP contribution is 2.23. The number of halogens is 3. The number of nitrogens with one attached hydrogen (secondary N) is 2. The van der Waals surface area contributed by atoms with Gasteiger partial charge < -0.3 is 0 Å². The summed E-state index contributed by atoms with van der Waals surface area (Å²) in [6.45, 7) is 1.78. The molecule has 0 aliphatic heterocycles. The van der Waals surface area contributed by atoms with Gasteiger partial charge in [-0.3, -0.25) is 15.5 Å². The van der Waals surface area contributed by atoms with Gasteiger partial charge >= 0.3 is 6.18 Å². The lowest BCUT2D eigenvalue weighted by Crippen LogP contribution is -2.48. The van der Waals surface area contributed by atoms with E-state index in [2.05, 4.69) is 5.32 Å². The molecule has 0 bridgehead atoms. The molecule has 4 N–H and O–H groups in total. The van der Waals surface area contributed by atoms with Crippen LogP contribution in [0.2, 0.25) is 0 Å². The second-order valence-electron chi connectivity index (χ2n) is 4.51. The Bertz CT molecular complexity index is 423. The Morgan fingerprint density at radius 2 is 1.90 bits per heavy atom. The van der Waals surface area contributed by atoms with Gasteiger partial charge in [0.05, 0.1) is 6.04 Å². The predicted octanol–water partition coefficient (Wildman–Crippen LogP) is 2.04. The standard InChI is InChI=1S/C13H18F3N3O/c1-9(10-5-3-2-4-6-10)18-11(12(20)19-17)7-8-13(14,15)16/h2-6,9,11,18H,7-8,17H2,1H3,(H,19,20)/t9-,11-/m1/s1. The number of carbonyl (C=O) groups is 1. The highest BCUT2D eigenvalue weighted by Gasteiger charge is 2.30. The number of carbonyl (C=O) groups excluding carboxylic acids is 1. The van der Waals surface area contributed by atoms with Crippen LogP contribution in [-0.2, 0) is 4.79 Å². The molecule has 0 radical (unpaired) electrons. The van der Waals surface area contributed by atoms with E-state index in [1.807, 2.05) is 35.8 Å². The first-order valence-corrected chi connectivity index (χ1v) is 6.21. The molecule has 0 unspecified atom stereocenters. The number of hydrazine groups is 1. The minimum Gasteiger partial charge on any atom is -0.299 e. The lowest BCUT2D eigenvalue weighted by Gasteiger charge is -2.22. The minimum absolute atomic E-state index is 0.258. The second kappa shape index (κ2) is 7.25. The second-order valence-corrected chi connectivity index (χ2v) is 4.51. The maximum Gasteiger partial charge on any atom is 0.389 e. The van der Waals surface area contributed by atoms with Crippen molar-refractivity contribution in [1.82, 2.24) is 10.7 Å². The fourth-order valence-electron chi connectivity index (χ4n) is 1.84. The van der Waals surface area contributed by atoms with Crippen molar-refractivity contribution in [1.29, 1.82) is 0 Å². The first-order valence-electron chi connectivity index (χ1n) is 6.21. The van der Waals surface area contributed by atoms with Crippen LogP contribution in [0.1, 0.15) is 31.4 Å². The van der Waals surface area contributed by atoms with Crippen molar-refractivity contribution in [2.24, 2.45) is 5.84 Å². The molecule has 0 fully saturated rings. The highest BCUT2D eigenvalue weighted by molar-refractivity contribution is 5.81. The van der Waals surface area contributed by atoms with Gasteiger partial charge in [-0.15, -0.1) is 0 Å². The SMILES string of the molecule is C[C@@H](N[C@H](CCC(F)(F)F)C(=O)NN)c1ccccc1. The van der Waals surface area contributed by atoms with Crippen LogP contribution in [0.15, 0.2) is 30.3 Å². The van der Waals surface area contributed by atoms with E-state index < -0.39 is 24.5 Å². The molecular formula is C13H18F3N3O. The smallest absolute Gasteiger partial charge is 0.299 e. The summed E-state index contributed by atoms with van der Waals surface area (Å²) in [5.74, 6) is 4.35. The molecule has 4 nitrogen and oxygen atoms in total. The summed E-state index contributed by atoms with van der Waals surface area (Å²) < 4.78 is 36.8. The van der Waals surface area contributed by atoms with E-state index in [0.29, 0.717) is 0 Å². The third-order valence-electron chi connectivity index (χ3n) is 2.93. The number of alkyl halides is 3. The van der Waals surface area contributed by atoms with E-state index in [-0.39, 0.29) is 12.5 Å². The topological polar surface area (TPSA) is 67.2 Å². The summed E-state index contributed by atoms with van der Waals surface area (Å²) in [5, 5.41) is 2.86. The Balaban J connectivity index is 2.67. The zero-order valence-electron chi connectivity index (χ0n) is 11.1. The van der Waals surface area contributed by atoms with E-state index >= 15 is 0 Å². The van der Waals surface area contributed by atoms with Gasteiger partial charge in [0.2, 0.25) is 0 Å². The van der Waals surface area contributed by atoms with Crippen molar-refractivity contribution in [2.45, 2.75) is 38.0 Å². The Morgan fingerprint density at radius 3 is 2.40 bits per heavy atom. The van der Waals surface area contributed by atoms with Crippen molar-refractivity contribution in [3.8, 4) is 0 Å². The Kier molecular flexibility index (Phi) is 5.97. The summed E-state index contributed by atoms with van der Waals surface area (Å²) >= 11 is 0. The normalized spacial score (nSPS) is 14.7. The first kappa shape index (κ1) is 16.5. The predicted molar refractivity (Wildman–Crippen MR) is 69.4 cm³/mol. The summed E-state index contributed by atoms with van der Waals surface area (Å²) in [4.78, 5) is 11.5. The molecule has 0 aliphatic carbocycles. The van der Waals surface area contributed by atoms with Gasteiger partial charge in [-0.1, -0.05) is 30.3 Å². The molecule has 20 heavy (non-hydrogen) atoms. The first-order chi connectivity index (χ1) is 9.33. The number of rotatable bonds is 6.